The standard InChI is InChI=1S/C18H29N3OS.HI/c1-4-19-17(21-14-18(2)10-6-12-23-18)20-11-9-15-7-5-8-16(13-15)22-3;/h5,7-8,13H,4,6,9-12,14H2,1-3H3,(H2,19,20,21);1H. The Balaban J connectivity index is 0.00000288. The number of ether oxygens (including phenoxy) is 1. The Morgan fingerprint density at radius 3 is 2.88 bits per heavy atom. The van der Waals surface area contributed by atoms with Crippen LogP contribution in [0.25, 0.3) is 0 Å². The molecule has 2 rings (SSSR count). The molecule has 1 atom stereocenters. The van der Waals surface area contributed by atoms with Crippen molar-refractivity contribution in [2.75, 3.05) is 32.5 Å². The monoisotopic (exact) mass is 463 g/mol. The summed E-state index contributed by atoms with van der Waals surface area (Å²) in [5, 5.41) is 6.77. The van der Waals surface area contributed by atoms with Crippen LogP contribution in [-0.2, 0) is 6.42 Å². The molecule has 6 heteroatoms. The van der Waals surface area contributed by atoms with Crippen LogP contribution in [0.3, 0.4) is 0 Å². The molecular weight excluding hydrogens is 433 g/mol. The van der Waals surface area contributed by atoms with Crippen molar-refractivity contribution in [2.45, 2.75) is 37.9 Å². The van der Waals surface area contributed by atoms with Crippen LogP contribution in [0.1, 0.15) is 32.3 Å². The molecule has 1 aromatic rings. The molecule has 24 heavy (non-hydrogen) atoms. The molecule has 1 aromatic carbocycles. The van der Waals surface area contributed by atoms with E-state index in [4.69, 9.17) is 9.73 Å². The summed E-state index contributed by atoms with van der Waals surface area (Å²) >= 11 is 2.05. The average molecular weight is 463 g/mol. The van der Waals surface area contributed by atoms with Gasteiger partial charge >= 0.3 is 0 Å². The van der Waals surface area contributed by atoms with Crippen LogP contribution in [0.4, 0.5) is 0 Å². The molecule has 2 N–H and O–H groups in total. The van der Waals surface area contributed by atoms with Gasteiger partial charge in [-0.25, -0.2) is 0 Å². The van der Waals surface area contributed by atoms with Crippen molar-refractivity contribution in [2.24, 2.45) is 4.99 Å². The lowest BCUT2D eigenvalue weighted by atomic mass is 10.1. The zero-order chi connectivity index (χ0) is 16.5. The van der Waals surface area contributed by atoms with Crippen LogP contribution < -0.4 is 15.4 Å². The van der Waals surface area contributed by atoms with Gasteiger partial charge in [-0.3, -0.25) is 4.99 Å². The second-order valence-corrected chi connectivity index (χ2v) is 7.81. The predicted octanol–water partition coefficient (Wildman–Crippen LogP) is 3.70. The Kier molecular flexibility index (Phi) is 9.88. The third-order valence-corrected chi connectivity index (χ3v) is 5.58. The summed E-state index contributed by atoms with van der Waals surface area (Å²) in [5.74, 6) is 3.10. The molecule has 1 aliphatic heterocycles. The van der Waals surface area contributed by atoms with Gasteiger partial charge in [-0.05, 0) is 56.6 Å². The van der Waals surface area contributed by atoms with Crippen molar-refractivity contribution in [1.82, 2.24) is 10.6 Å². The summed E-state index contributed by atoms with van der Waals surface area (Å²) in [6, 6.07) is 8.22. The van der Waals surface area contributed by atoms with E-state index in [1.165, 1.54) is 24.2 Å². The lowest BCUT2D eigenvalue weighted by molar-refractivity contribution is 0.414. The van der Waals surface area contributed by atoms with Gasteiger partial charge in [-0.2, -0.15) is 11.8 Å². The SMILES string of the molecule is CCNC(=NCC1(C)CCCS1)NCCc1cccc(OC)c1.I. The maximum Gasteiger partial charge on any atom is 0.191 e. The summed E-state index contributed by atoms with van der Waals surface area (Å²) in [6.07, 6.45) is 3.54. The third-order valence-electron chi connectivity index (χ3n) is 4.06. The van der Waals surface area contributed by atoms with Crippen molar-refractivity contribution in [3.05, 3.63) is 29.8 Å². The number of methoxy groups -OCH3 is 1. The van der Waals surface area contributed by atoms with E-state index < -0.39 is 0 Å². The van der Waals surface area contributed by atoms with E-state index >= 15 is 0 Å². The number of thioether (sulfide) groups is 1. The number of nitrogens with one attached hydrogen (secondary N) is 2. The Bertz CT molecular complexity index is 519. The molecule has 0 saturated carbocycles. The van der Waals surface area contributed by atoms with E-state index in [2.05, 4.69) is 48.4 Å². The molecule has 0 aromatic heterocycles. The molecule has 0 spiro atoms. The van der Waals surface area contributed by atoms with Crippen LogP contribution in [0.2, 0.25) is 0 Å². The first-order valence-electron chi connectivity index (χ1n) is 8.44. The lowest BCUT2D eigenvalue weighted by Crippen LogP contribution is -2.39. The second-order valence-electron chi connectivity index (χ2n) is 6.13. The Morgan fingerprint density at radius 1 is 1.38 bits per heavy atom. The quantitative estimate of drug-likeness (QED) is 0.368. The second kappa shape index (κ2) is 11.1. The van der Waals surface area contributed by atoms with Crippen molar-refractivity contribution < 1.29 is 4.74 Å². The summed E-state index contributed by atoms with van der Waals surface area (Å²) in [7, 11) is 1.70. The summed E-state index contributed by atoms with van der Waals surface area (Å²) in [5.41, 5.74) is 1.27. The first kappa shape index (κ1) is 21.4. The average Bonchev–Trinajstić information content (AvgIpc) is 3.00. The number of guanidine groups is 1. The molecule has 136 valence electrons. The van der Waals surface area contributed by atoms with Gasteiger partial charge in [-0.15, -0.1) is 24.0 Å². The number of halogens is 1. The molecule has 1 fully saturated rings. The van der Waals surface area contributed by atoms with Crippen LogP contribution in [0.15, 0.2) is 29.3 Å². The van der Waals surface area contributed by atoms with Crippen molar-refractivity contribution in [1.29, 1.82) is 0 Å². The van der Waals surface area contributed by atoms with E-state index in [0.29, 0.717) is 4.75 Å². The van der Waals surface area contributed by atoms with Gasteiger partial charge in [0.2, 0.25) is 0 Å². The molecule has 0 radical (unpaired) electrons. The van der Waals surface area contributed by atoms with Gasteiger partial charge in [0.05, 0.1) is 13.7 Å². The largest absolute Gasteiger partial charge is 0.497 e. The molecule has 4 nitrogen and oxygen atoms in total. The highest BCUT2D eigenvalue weighted by Gasteiger charge is 2.29. The Labute approximate surface area is 167 Å². The van der Waals surface area contributed by atoms with Gasteiger partial charge in [0.15, 0.2) is 5.96 Å². The maximum atomic E-state index is 5.27. The highest BCUT2D eigenvalue weighted by molar-refractivity contribution is 14.0. The van der Waals surface area contributed by atoms with E-state index in [-0.39, 0.29) is 24.0 Å². The first-order chi connectivity index (χ1) is 11.1. The summed E-state index contributed by atoms with van der Waals surface area (Å²) in [6.45, 7) is 7.06. The smallest absolute Gasteiger partial charge is 0.191 e. The van der Waals surface area contributed by atoms with E-state index in [9.17, 15) is 0 Å². The van der Waals surface area contributed by atoms with Crippen molar-refractivity contribution >= 4 is 41.7 Å². The highest BCUT2D eigenvalue weighted by atomic mass is 127. The zero-order valence-corrected chi connectivity index (χ0v) is 18.1. The molecule has 0 bridgehead atoms. The van der Waals surface area contributed by atoms with Gasteiger partial charge in [0.1, 0.15) is 5.75 Å². The predicted molar refractivity (Wildman–Crippen MR) is 116 cm³/mol. The number of hydrogen-bond acceptors (Lipinski definition) is 3. The fourth-order valence-electron chi connectivity index (χ4n) is 2.70. The Morgan fingerprint density at radius 2 is 2.21 bits per heavy atom. The zero-order valence-electron chi connectivity index (χ0n) is 14.9. The van der Waals surface area contributed by atoms with E-state index in [1.807, 2.05) is 12.1 Å². The molecule has 1 aliphatic rings. The van der Waals surface area contributed by atoms with Crippen LogP contribution in [0, 0.1) is 0 Å². The topological polar surface area (TPSA) is 45.7 Å². The van der Waals surface area contributed by atoms with E-state index in [1.54, 1.807) is 7.11 Å². The normalized spacial score (nSPS) is 20.4. The minimum absolute atomic E-state index is 0. The summed E-state index contributed by atoms with van der Waals surface area (Å²) < 4.78 is 5.58. The minimum atomic E-state index is 0. The number of benzene rings is 1. The number of hydrogen-bond donors (Lipinski definition) is 2. The molecule has 0 amide bonds. The van der Waals surface area contributed by atoms with Crippen molar-refractivity contribution in [3.63, 3.8) is 0 Å². The van der Waals surface area contributed by atoms with Gasteiger partial charge < -0.3 is 15.4 Å². The third kappa shape index (κ3) is 7.09. The summed E-state index contributed by atoms with van der Waals surface area (Å²) in [4.78, 5) is 4.78. The maximum absolute atomic E-state index is 5.27. The molecule has 1 heterocycles. The van der Waals surface area contributed by atoms with Crippen LogP contribution in [0.5, 0.6) is 5.75 Å². The molecule has 0 aliphatic carbocycles. The van der Waals surface area contributed by atoms with Gasteiger partial charge in [0, 0.05) is 17.8 Å². The molecule has 1 unspecified atom stereocenters. The number of nitrogens with zero attached hydrogens (tertiary/aromatic N) is 1. The van der Waals surface area contributed by atoms with E-state index in [0.717, 1.165) is 37.8 Å². The van der Waals surface area contributed by atoms with Gasteiger partial charge in [0.25, 0.3) is 0 Å². The highest BCUT2D eigenvalue weighted by Crippen LogP contribution is 2.37. The molecule has 1 saturated heterocycles. The molecular formula is C18H30IN3OS. The van der Waals surface area contributed by atoms with Crippen LogP contribution >= 0.6 is 35.7 Å². The number of aliphatic imine (C=N–C) groups is 1. The fourth-order valence-corrected chi connectivity index (χ4v) is 3.93. The lowest BCUT2D eigenvalue weighted by Gasteiger charge is -2.21. The Hall–Kier alpha value is -0.630. The van der Waals surface area contributed by atoms with Crippen molar-refractivity contribution in [3.8, 4) is 5.75 Å². The van der Waals surface area contributed by atoms with Crippen LogP contribution in [-0.4, -0.2) is 43.2 Å². The fraction of sp³-hybridized carbons (Fsp3) is 0.611. The first-order valence-corrected chi connectivity index (χ1v) is 9.43. The number of rotatable bonds is 7. The van der Waals surface area contributed by atoms with Gasteiger partial charge in [-0.1, -0.05) is 12.1 Å². The minimum Gasteiger partial charge on any atom is -0.497 e.